The molecule has 0 bridgehead atoms. The van der Waals surface area contributed by atoms with Crippen LogP contribution in [0.25, 0.3) is 11.2 Å². The highest BCUT2D eigenvalue weighted by Gasteiger charge is 2.09. The molecule has 0 N–H and O–H groups in total. The number of hydrogen-bond donors (Lipinski definition) is 0. The fourth-order valence-electron chi connectivity index (χ4n) is 2.69. The molecule has 2 heterocycles. The zero-order chi connectivity index (χ0) is 17.2. The van der Waals surface area contributed by atoms with Gasteiger partial charge in [0.25, 0.3) is 5.56 Å². The van der Waals surface area contributed by atoms with Crippen molar-refractivity contribution in [1.29, 1.82) is 0 Å². The predicted octanol–water partition coefficient (Wildman–Crippen LogP) is 3.37. The van der Waals surface area contributed by atoms with Crippen molar-refractivity contribution in [3.8, 4) is 11.4 Å². The van der Waals surface area contributed by atoms with Crippen molar-refractivity contribution in [2.24, 2.45) is 0 Å². The Labute approximate surface area is 144 Å². The fraction of sp³-hybridized carbons (Fsp3) is 0.100. The zero-order valence-corrected chi connectivity index (χ0v) is 13.8. The van der Waals surface area contributed by atoms with Crippen molar-refractivity contribution >= 4 is 5.52 Å². The molecule has 0 radical (unpaired) electrons. The molecule has 5 heteroatoms. The molecule has 4 aromatic rings. The molecular weight excluding hydrogens is 314 g/mol. The lowest BCUT2D eigenvalue weighted by Crippen LogP contribution is -2.19. The van der Waals surface area contributed by atoms with Crippen molar-refractivity contribution in [2.45, 2.75) is 13.5 Å². The number of benzene rings is 2. The van der Waals surface area contributed by atoms with Crippen LogP contribution >= 0.6 is 0 Å². The van der Waals surface area contributed by atoms with Crippen molar-refractivity contribution < 1.29 is 4.74 Å². The van der Waals surface area contributed by atoms with Crippen LogP contribution in [0.5, 0.6) is 5.75 Å². The average Bonchev–Trinajstić information content (AvgIpc) is 3.06. The maximum Gasteiger partial charge on any atom is 0.281 e. The molecular formula is C20H17N3O2. The van der Waals surface area contributed by atoms with E-state index in [1.807, 2.05) is 61.5 Å². The highest BCUT2D eigenvalue weighted by Crippen LogP contribution is 2.12. The first kappa shape index (κ1) is 15.2. The van der Waals surface area contributed by atoms with Gasteiger partial charge in [0.15, 0.2) is 0 Å². The molecule has 0 aliphatic carbocycles. The van der Waals surface area contributed by atoms with Crippen LogP contribution in [0.2, 0.25) is 0 Å². The van der Waals surface area contributed by atoms with Crippen LogP contribution in [0.4, 0.5) is 0 Å². The summed E-state index contributed by atoms with van der Waals surface area (Å²) in [5.74, 6) is 0.775. The van der Waals surface area contributed by atoms with Crippen LogP contribution in [-0.2, 0) is 6.61 Å². The molecule has 4 rings (SSSR count). The monoisotopic (exact) mass is 331 g/mol. The summed E-state index contributed by atoms with van der Waals surface area (Å²) in [5.41, 5.74) is 3.12. The van der Waals surface area contributed by atoms with Gasteiger partial charge in [-0.25, -0.2) is 4.52 Å². The third-order valence-corrected chi connectivity index (χ3v) is 4.02. The number of aryl methyl sites for hydroxylation is 1. The van der Waals surface area contributed by atoms with Crippen LogP contribution in [0.3, 0.4) is 0 Å². The molecule has 0 aliphatic rings. The second-order valence-electron chi connectivity index (χ2n) is 5.88. The number of fused-ring (bicyclic) bond motifs is 1. The summed E-state index contributed by atoms with van der Waals surface area (Å²) in [7, 11) is 0. The van der Waals surface area contributed by atoms with E-state index in [0.29, 0.717) is 17.8 Å². The van der Waals surface area contributed by atoms with Gasteiger partial charge in [-0.05, 0) is 37.3 Å². The van der Waals surface area contributed by atoms with E-state index in [9.17, 15) is 4.79 Å². The summed E-state index contributed by atoms with van der Waals surface area (Å²) >= 11 is 0. The number of hydrogen-bond acceptors (Lipinski definition) is 3. The number of aromatic nitrogens is 3. The van der Waals surface area contributed by atoms with Crippen LogP contribution in [0.15, 0.2) is 77.9 Å². The fourth-order valence-corrected chi connectivity index (χ4v) is 2.69. The molecule has 0 atom stereocenters. The first-order valence-corrected chi connectivity index (χ1v) is 8.05. The van der Waals surface area contributed by atoms with Gasteiger partial charge in [-0.1, -0.05) is 35.9 Å². The number of ether oxygens (including phenoxy) is 1. The summed E-state index contributed by atoms with van der Waals surface area (Å²) in [6, 6.07) is 19.2. The van der Waals surface area contributed by atoms with Crippen molar-refractivity contribution in [3.05, 3.63) is 94.7 Å². The number of rotatable bonds is 4. The molecule has 0 aliphatic heterocycles. The average molecular weight is 331 g/mol. The minimum atomic E-state index is -0.107. The SMILES string of the molecule is Cc1ccc(-n2ccn3nc(COc4ccccc4)cc3c2=O)cc1. The van der Waals surface area contributed by atoms with Gasteiger partial charge in [0, 0.05) is 18.1 Å². The Bertz CT molecular complexity index is 1060. The smallest absolute Gasteiger partial charge is 0.281 e. The normalized spacial score (nSPS) is 10.9. The first-order chi connectivity index (χ1) is 12.2. The summed E-state index contributed by atoms with van der Waals surface area (Å²) in [6.45, 7) is 2.33. The second kappa shape index (κ2) is 6.28. The summed E-state index contributed by atoms with van der Waals surface area (Å²) in [5, 5.41) is 4.42. The van der Waals surface area contributed by atoms with Crippen molar-refractivity contribution in [1.82, 2.24) is 14.2 Å². The summed E-state index contributed by atoms with van der Waals surface area (Å²) in [6.07, 6.45) is 3.51. The summed E-state index contributed by atoms with van der Waals surface area (Å²) in [4.78, 5) is 12.8. The van der Waals surface area contributed by atoms with Gasteiger partial charge >= 0.3 is 0 Å². The van der Waals surface area contributed by atoms with Gasteiger partial charge in [0.2, 0.25) is 0 Å². The van der Waals surface area contributed by atoms with E-state index < -0.39 is 0 Å². The molecule has 5 nitrogen and oxygen atoms in total. The Kier molecular flexibility index (Phi) is 3.82. The number of para-hydroxylation sites is 1. The zero-order valence-electron chi connectivity index (χ0n) is 13.8. The van der Waals surface area contributed by atoms with E-state index >= 15 is 0 Å². The second-order valence-corrected chi connectivity index (χ2v) is 5.88. The van der Waals surface area contributed by atoms with Crippen LogP contribution < -0.4 is 10.3 Å². The Morgan fingerprint density at radius 1 is 1.00 bits per heavy atom. The number of nitrogens with zero attached hydrogens (tertiary/aromatic N) is 3. The van der Waals surface area contributed by atoms with Crippen LogP contribution in [0, 0.1) is 6.92 Å². The Hall–Kier alpha value is -3.34. The summed E-state index contributed by atoms with van der Waals surface area (Å²) < 4.78 is 8.92. The molecule has 0 saturated heterocycles. The van der Waals surface area contributed by atoms with Gasteiger partial charge in [0.1, 0.15) is 23.6 Å². The lowest BCUT2D eigenvalue weighted by atomic mass is 10.2. The highest BCUT2D eigenvalue weighted by atomic mass is 16.5. The maximum absolute atomic E-state index is 12.8. The largest absolute Gasteiger partial charge is 0.487 e. The first-order valence-electron chi connectivity index (χ1n) is 8.05. The Balaban J connectivity index is 1.65. The van der Waals surface area contributed by atoms with Gasteiger partial charge < -0.3 is 4.74 Å². The highest BCUT2D eigenvalue weighted by molar-refractivity contribution is 5.48. The van der Waals surface area contributed by atoms with E-state index in [-0.39, 0.29) is 5.56 Å². The molecule has 2 aromatic heterocycles. The third kappa shape index (κ3) is 3.04. The minimum absolute atomic E-state index is 0.107. The third-order valence-electron chi connectivity index (χ3n) is 4.02. The molecule has 0 spiro atoms. The molecule has 0 amide bonds. The van der Waals surface area contributed by atoms with Gasteiger partial charge in [-0.2, -0.15) is 5.10 Å². The molecule has 0 unspecified atom stereocenters. The Morgan fingerprint density at radius 2 is 1.76 bits per heavy atom. The quantitative estimate of drug-likeness (QED) is 0.576. The lowest BCUT2D eigenvalue weighted by molar-refractivity contribution is 0.300. The molecule has 0 fully saturated rings. The maximum atomic E-state index is 12.8. The van der Waals surface area contributed by atoms with E-state index in [1.54, 1.807) is 27.5 Å². The molecule has 25 heavy (non-hydrogen) atoms. The van der Waals surface area contributed by atoms with Crippen LogP contribution in [0.1, 0.15) is 11.3 Å². The predicted molar refractivity (Wildman–Crippen MR) is 96.3 cm³/mol. The Morgan fingerprint density at radius 3 is 2.52 bits per heavy atom. The van der Waals surface area contributed by atoms with Crippen LogP contribution in [-0.4, -0.2) is 14.2 Å². The van der Waals surface area contributed by atoms with Gasteiger partial charge in [-0.15, -0.1) is 0 Å². The van der Waals surface area contributed by atoms with Crippen molar-refractivity contribution in [3.63, 3.8) is 0 Å². The topological polar surface area (TPSA) is 48.5 Å². The van der Waals surface area contributed by atoms with Gasteiger partial charge in [0.05, 0.1) is 0 Å². The van der Waals surface area contributed by atoms with E-state index in [1.165, 1.54) is 0 Å². The van der Waals surface area contributed by atoms with E-state index in [0.717, 1.165) is 17.0 Å². The van der Waals surface area contributed by atoms with E-state index in [2.05, 4.69) is 5.10 Å². The standard InChI is InChI=1S/C20H17N3O2/c1-15-7-9-17(10-8-15)22-11-12-23-19(20(22)24)13-16(21-23)14-25-18-5-3-2-4-6-18/h2-13H,14H2,1H3. The molecule has 124 valence electrons. The molecule has 2 aromatic carbocycles. The van der Waals surface area contributed by atoms with Crippen molar-refractivity contribution in [2.75, 3.05) is 0 Å². The lowest BCUT2D eigenvalue weighted by Gasteiger charge is -2.06. The molecule has 0 saturated carbocycles. The minimum Gasteiger partial charge on any atom is -0.487 e. The van der Waals surface area contributed by atoms with Gasteiger partial charge in [-0.3, -0.25) is 9.36 Å². The van der Waals surface area contributed by atoms with E-state index in [4.69, 9.17) is 4.74 Å².